The van der Waals surface area contributed by atoms with E-state index in [4.69, 9.17) is 34.3 Å². The first kappa shape index (κ1) is 65.3. The Morgan fingerprint density at radius 1 is 0.508 bits per heavy atom. The molecule has 65 heavy (non-hydrogen) atoms. The molecule has 2 atom stereocenters. The smallest absolute Gasteiger partial charge is 0.322 e. The summed E-state index contributed by atoms with van der Waals surface area (Å²) < 4.78 is 34.8. The van der Waals surface area contributed by atoms with E-state index in [1.165, 1.54) is 38.5 Å². The maximum Gasteiger partial charge on any atom is 0.322 e. The first-order valence-electron chi connectivity index (χ1n) is 22.9. The van der Waals surface area contributed by atoms with Gasteiger partial charge in [-0.2, -0.15) is 4.39 Å². The first-order valence-corrected chi connectivity index (χ1v) is 23.3. The van der Waals surface area contributed by atoms with Gasteiger partial charge in [-0.15, -0.1) is 0 Å². The van der Waals surface area contributed by atoms with Crippen LogP contribution in [0.1, 0.15) is 143 Å². The zero-order chi connectivity index (χ0) is 49.4. The third-order valence-corrected chi connectivity index (χ3v) is 9.25. The molecule has 22 heteroatoms. The van der Waals surface area contributed by atoms with Crippen molar-refractivity contribution in [3.05, 3.63) is 0 Å². The maximum absolute atomic E-state index is 12.7. The van der Waals surface area contributed by atoms with Crippen molar-refractivity contribution in [1.29, 1.82) is 0 Å². The minimum atomic E-state index is -1.36. The minimum Gasteiger partial charge on any atom is -0.481 e. The molecule has 380 valence electrons. The van der Waals surface area contributed by atoms with E-state index in [1.54, 1.807) is 6.92 Å². The summed E-state index contributed by atoms with van der Waals surface area (Å²) in [5.74, 6) is -4.62. The quantitative estimate of drug-likeness (QED) is 0.0238. The van der Waals surface area contributed by atoms with Crippen LogP contribution >= 0.6 is 12.8 Å². The highest BCUT2D eigenvalue weighted by Gasteiger charge is 2.21. The van der Waals surface area contributed by atoms with Gasteiger partial charge in [-0.3, -0.25) is 43.1 Å². The molecule has 0 saturated carbocycles. The molecular formula is C43H80FN5O15S. The minimum absolute atomic E-state index is 0.0331. The van der Waals surface area contributed by atoms with Gasteiger partial charge in [-0.25, -0.2) is 0 Å². The number of carboxylic acid groups (broad SMARTS) is 3. The fourth-order valence-electron chi connectivity index (χ4n) is 5.47. The predicted molar refractivity (Wildman–Crippen MR) is 244 cm³/mol. The lowest BCUT2D eigenvalue weighted by molar-refractivity contribution is -0.139. The summed E-state index contributed by atoms with van der Waals surface area (Å²) in [7, 11) is 0. The fraction of sp³-hybridized carbons (Fsp3) is 0.814. The highest BCUT2D eigenvalue weighted by molar-refractivity contribution is 7.78. The van der Waals surface area contributed by atoms with Crippen LogP contribution in [0.5, 0.6) is 0 Å². The van der Waals surface area contributed by atoms with Crippen LogP contribution in [0.15, 0.2) is 0 Å². The summed E-state index contributed by atoms with van der Waals surface area (Å²) in [5, 5.41) is 36.3. The van der Waals surface area contributed by atoms with Crippen molar-refractivity contribution in [3.63, 3.8) is 0 Å². The normalized spacial score (nSPS) is 11.4. The number of hydrogen-bond acceptors (Lipinski definition) is 14. The Bertz CT molecular complexity index is 1270. The molecule has 0 radical (unpaired) electrons. The second-order valence-corrected chi connectivity index (χ2v) is 14.7. The summed E-state index contributed by atoms with van der Waals surface area (Å²) in [5.41, 5.74) is 0. The van der Waals surface area contributed by atoms with Gasteiger partial charge >= 0.3 is 23.9 Å². The van der Waals surface area contributed by atoms with E-state index in [-0.39, 0.29) is 103 Å². The number of thiol groups is 1. The van der Waals surface area contributed by atoms with Gasteiger partial charge in [0.05, 0.1) is 39.6 Å². The molecule has 0 heterocycles. The van der Waals surface area contributed by atoms with Crippen LogP contribution in [0.2, 0.25) is 0 Å². The Balaban J connectivity index is -0.00000343. The second-order valence-electron chi connectivity index (χ2n) is 14.4. The molecule has 0 rings (SSSR count). The molecule has 0 aliphatic carbocycles. The van der Waals surface area contributed by atoms with E-state index in [1.807, 2.05) is 13.8 Å². The van der Waals surface area contributed by atoms with Crippen LogP contribution in [0.3, 0.4) is 0 Å². The summed E-state index contributed by atoms with van der Waals surface area (Å²) in [6.45, 7) is 6.06. The highest BCUT2D eigenvalue weighted by atomic mass is 32.1. The van der Waals surface area contributed by atoms with Crippen molar-refractivity contribution in [2.75, 3.05) is 72.5 Å². The zero-order valence-electron chi connectivity index (χ0n) is 38.9. The number of carbonyl (C=O) groups excluding carboxylic acids is 5. The molecule has 4 amide bonds. The van der Waals surface area contributed by atoms with Gasteiger partial charge in [-0.1, -0.05) is 111 Å². The van der Waals surface area contributed by atoms with Crippen molar-refractivity contribution in [2.45, 2.75) is 155 Å². The fourth-order valence-corrected chi connectivity index (χ4v) is 5.75. The Kier molecular flexibility index (Phi) is 49.7. The predicted octanol–water partition coefficient (Wildman–Crippen LogP) is 3.88. The van der Waals surface area contributed by atoms with Crippen LogP contribution in [0.4, 0.5) is 4.39 Å². The molecule has 0 aromatic heterocycles. The zero-order valence-corrected chi connectivity index (χ0v) is 39.8. The summed E-state index contributed by atoms with van der Waals surface area (Å²) in [6, 6.07) is -3.06. The third-order valence-electron chi connectivity index (χ3n) is 8.94. The first-order chi connectivity index (χ1) is 31.2. The van der Waals surface area contributed by atoms with Crippen molar-refractivity contribution >= 4 is 60.4 Å². The lowest BCUT2D eigenvalue weighted by Gasteiger charge is -2.18. The molecule has 0 saturated heterocycles. The van der Waals surface area contributed by atoms with Gasteiger partial charge in [0.1, 0.15) is 31.8 Å². The number of carbonyl (C=O) groups is 8. The van der Waals surface area contributed by atoms with E-state index in [9.17, 15) is 42.7 Å². The maximum atomic E-state index is 12.7. The molecule has 0 aliphatic heterocycles. The average Bonchev–Trinajstić information content (AvgIpc) is 3.26. The average molecular weight is 958 g/mol. The van der Waals surface area contributed by atoms with Gasteiger partial charge in [0.25, 0.3) is 0 Å². The van der Waals surface area contributed by atoms with Crippen molar-refractivity contribution in [1.82, 2.24) is 26.0 Å². The number of hydrogen-bond donors (Lipinski definition) is 9. The van der Waals surface area contributed by atoms with Gasteiger partial charge in [-0.05, 0) is 25.7 Å². The summed E-state index contributed by atoms with van der Waals surface area (Å²) in [4.78, 5) is 90.1. The van der Waals surface area contributed by atoms with E-state index in [0.717, 1.165) is 44.9 Å². The Morgan fingerprint density at radius 2 is 0.923 bits per heavy atom. The Hall–Kier alpha value is -3.96. The van der Waals surface area contributed by atoms with Gasteiger partial charge in [0.2, 0.25) is 23.6 Å². The number of ether oxygens (including phenoxy) is 4. The number of nitrogens with one attached hydrogen (secondary N) is 5. The standard InChI is InChI=1S/C37H66N4O14.C4H8FNOS.C2H6/c42-31(15-13-11-9-7-5-3-1-2-4-6-8-10-12-14-16-34(45)46)41-30(17-18-35(47)48)37(51)39-20-22-53-24-25-54-28-32(43)38-19-21-52-23-26-55-29-33(44)40-27-36(49)50;1-2-3(6-8)4(5)7;1-2/h30H,1-29H2,(H,38,43)(H,39,51)(H,40,44)(H,41,42)(H,45,46)(H,47,48)(H,49,50);3,6,8H,2H2,1H3;1-2H3. The highest BCUT2D eigenvalue weighted by Crippen LogP contribution is 2.14. The number of rotatable bonds is 43. The van der Waals surface area contributed by atoms with E-state index in [0.29, 0.717) is 12.8 Å². The van der Waals surface area contributed by atoms with Crippen molar-refractivity contribution in [3.8, 4) is 0 Å². The molecule has 0 aromatic rings. The van der Waals surface area contributed by atoms with E-state index >= 15 is 0 Å². The number of carboxylic acids is 3. The molecule has 20 nitrogen and oxygen atoms in total. The topological polar surface area (TPSA) is 294 Å². The van der Waals surface area contributed by atoms with Crippen LogP contribution in [-0.4, -0.2) is 147 Å². The van der Waals surface area contributed by atoms with Crippen molar-refractivity contribution in [2.24, 2.45) is 0 Å². The van der Waals surface area contributed by atoms with Crippen LogP contribution in [0, 0.1) is 0 Å². The van der Waals surface area contributed by atoms with Crippen LogP contribution in [-0.2, 0) is 57.3 Å². The number of aliphatic carboxylic acids is 3. The number of unbranched alkanes of at least 4 members (excludes halogenated alkanes) is 13. The second kappa shape index (κ2) is 49.5. The monoisotopic (exact) mass is 958 g/mol. The summed E-state index contributed by atoms with van der Waals surface area (Å²) >= 11 is 3.52. The van der Waals surface area contributed by atoms with Gasteiger partial charge < -0.3 is 55.5 Å². The molecule has 0 aliphatic rings. The number of halogens is 1. The Labute approximate surface area is 389 Å². The molecule has 0 bridgehead atoms. The molecule has 2 unspecified atom stereocenters. The largest absolute Gasteiger partial charge is 0.481 e. The molecule has 0 spiro atoms. The molecular weight excluding hydrogens is 878 g/mol. The lowest BCUT2D eigenvalue weighted by Crippen LogP contribution is -2.47. The lowest BCUT2D eigenvalue weighted by atomic mass is 10.0. The molecule has 0 aromatic carbocycles. The SMILES string of the molecule is CC.CCC(NS)C(=O)F.O=C(O)CCCCCCCCCCCCCCCCC(=O)NC(CCC(=O)O)C(=O)NCCOCCOCC(=O)NCCOCCOCC(=O)NCC(=O)O. The summed E-state index contributed by atoms with van der Waals surface area (Å²) in [6.07, 6.45) is 15.7. The van der Waals surface area contributed by atoms with Crippen LogP contribution < -0.4 is 26.0 Å². The molecule has 8 N–H and O–H groups in total. The van der Waals surface area contributed by atoms with Crippen LogP contribution in [0.25, 0.3) is 0 Å². The number of amides is 4. The molecule has 0 fully saturated rings. The third kappa shape index (κ3) is 50.9. The van der Waals surface area contributed by atoms with E-state index in [2.05, 4.69) is 38.8 Å². The Morgan fingerprint density at radius 3 is 1.32 bits per heavy atom. The van der Waals surface area contributed by atoms with Crippen molar-refractivity contribution < 1.29 is 77.0 Å². The van der Waals surface area contributed by atoms with Gasteiger partial charge in [0, 0.05) is 32.4 Å². The van der Waals surface area contributed by atoms with Gasteiger partial charge in [0.15, 0.2) is 0 Å². The van der Waals surface area contributed by atoms with E-state index < -0.39 is 54.4 Å².